The van der Waals surface area contributed by atoms with Crippen molar-refractivity contribution in [3.8, 4) is 16.9 Å². The number of aliphatic hydroxyl groups excluding tert-OH is 2. The Labute approximate surface area is 209 Å². The number of ketones is 1. The molecule has 36 heavy (non-hydrogen) atoms. The number of fused-ring (bicyclic) bond motifs is 3. The number of amides is 1. The third kappa shape index (κ3) is 3.36. The second kappa shape index (κ2) is 8.21. The zero-order chi connectivity index (χ0) is 26.1. The van der Waals surface area contributed by atoms with Crippen molar-refractivity contribution >= 4 is 17.4 Å². The van der Waals surface area contributed by atoms with Gasteiger partial charge >= 0.3 is 0 Å². The quantitative estimate of drug-likeness (QED) is 0.445. The number of Topliss-reactive ketones (excluding diaryl/α,β-unsaturated/α-hetero) is 1. The number of phenolic OH excluding ortho intramolecular Hbond substituents is 1. The van der Waals surface area contributed by atoms with Crippen molar-refractivity contribution in [2.75, 3.05) is 14.1 Å². The highest BCUT2D eigenvalue weighted by molar-refractivity contribution is 6.10. The fraction of sp³-hybridized carbons (Fsp3) is 0.357. The molecule has 6 N–H and O–H groups in total. The lowest BCUT2D eigenvalue weighted by molar-refractivity contribution is -0.151. The van der Waals surface area contributed by atoms with Crippen LogP contribution in [0.15, 0.2) is 53.3 Å². The number of benzene rings is 2. The molecule has 0 bridgehead atoms. The van der Waals surface area contributed by atoms with Crippen LogP contribution in [0.5, 0.6) is 5.75 Å². The first-order chi connectivity index (χ1) is 17.0. The van der Waals surface area contributed by atoms with E-state index in [2.05, 4.69) is 0 Å². The van der Waals surface area contributed by atoms with Crippen molar-refractivity contribution in [3.05, 3.63) is 70.0 Å². The van der Waals surface area contributed by atoms with Gasteiger partial charge in [0.05, 0.1) is 17.2 Å². The molecule has 0 radical (unpaired) electrons. The molecular weight excluding hydrogens is 460 g/mol. The van der Waals surface area contributed by atoms with Gasteiger partial charge in [0.25, 0.3) is 0 Å². The molecule has 2 aromatic rings. The van der Waals surface area contributed by atoms with Gasteiger partial charge < -0.3 is 26.2 Å². The zero-order valence-corrected chi connectivity index (χ0v) is 20.4. The largest absolute Gasteiger partial charge is 0.510 e. The van der Waals surface area contributed by atoms with E-state index in [0.717, 1.165) is 22.3 Å². The summed E-state index contributed by atoms with van der Waals surface area (Å²) in [5.74, 6) is -3.54. The Morgan fingerprint density at radius 3 is 2.50 bits per heavy atom. The number of aliphatic hydroxyl groups is 3. The third-order valence-electron chi connectivity index (χ3n) is 8.03. The van der Waals surface area contributed by atoms with Gasteiger partial charge in [-0.3, -0.25) is 14.5 Å². The number of nitrogens with two attached hydrogens (primary N) is 1. The van der Waals surface area contributed by atoms with Crippen LogP contribution < -0.4 is 5.73 Å². The summed E-state index contributed by atoms with van der Waals surface area (Å²) in [6.45, 7) is 1.98. The number of phenols is 1. The summed E-state index contributed by atoms with van der Waals surface area (Å²) in [5.41, 5.74) is 7.03. The molecule has 0 heterocycles. The highest BCUT2D eigenvalue weighted by atomic mass is 16.3. The molecule has 1 amide bonds. The summed E-state index contributed by atoms with van der Waals surface area (Å²) >= 11 is 0. The molecule has 1 saturated carbocycles. The maximum atomic E-state index is 13.9. The molecule has 3 aliphatic carbocycles. The van der Waals surface area contributed by atoms with E-state index >= 15 is 0 Å². The number of primary amides is 1. The molecule has 4 atom stereocenters. The van der Waals surface area contributed by atoms with Crippen molar-refractivity contribution in [1.29, 1.82) is 0 Å². The highest BCUT2D eigenvalue weighted by Crippen LogP contribution is 2.53. The predicted octanol–water partition coefficient (Wildman–Crippen LogP) is 2.76. The first-order valence-electron chi connectivity index (χ1n) is 12.0. The van der Waals surface area contributed by atoms with E-state index in [4.69, 9.17) is 5.73 Å². The summed E-state index contributed by atoms with van der Waals surface area (Å²) in [4.78, 5) is 27.6. The second-order valence-corrected chi connectivity index (χ2v) is 10.4. The van der Waals surface area contributed by atoms with E-state index in [9.17, 15) is 30.0 Å². The van der Waals surface area contributed by atoms with Crippen LogP contribution in [0.2, 0.25) is 0 Å². The molecule has 0 spiro atoms. The van der Waals surface area contributed by atoms with Crippen LogP contribution in [0.25, 0.3) is 16.9 Å². The molecule has 8 nitrogen and oxygen atoms in total. The molecule has 0 saturated heterocycles. The minimum Gasteiger partial charge on any atom is -0.510 e. The second-order valence-electron chi connectivity index (χ2n) is 10.4. The zero-order valence-electron chi connectivity index (χ0n) is 20.4. The minimum atomic E-state index is -2.04. The normalized spacial score (nSPS) is 27.6. The van der Waals surface area contributed by atoms with Crippen LogP contribution >= 0.6 is 0 Å². The maximum Gasteiger partial charge on any atom is 0.248 e. The standard InChI is InChI=1S/C28H30N2O6/c1-13-5-4-6-14(9-13)16-7-8-20(31)22-17(16)10-15-11-19-23(30(2)3)24(32)18(27(29)35)12-28(19,36)26(34)21(15)25(22)33/h4-9,15,19,23,31-33,36H,10-12H2,1-3H3,(H2,29,35). The summed E-state index contributed by atoms with van der Waals surface area (Å²) in [7, 11) is 3.39. The van der Waals surface area contributed by atoms with Crippen LogP contribution in [0.1, 0.15) is 29.5 Å². The van der Waals surface area contributed by atoms with Crippen molar-refractivity contribution in [2.45, 2.75) is 37.8 Å². The average Bonchev–Trinajstić information content (AvgIpc) is 2.80. The summed E-state index contributed by atoms with van der Waals surface area (Å²) in [6.07, 6.45) is 0.203. The Bertz CT molecular complexity index is 1370. The van der Waals surface area contributed by atoms with Crippen LogP contribution in [-0.4, -0.2) is 62.8 Å². The van der Waals surface area contributed by atoms with E-state index < -0.39 is 41.6 Å². The summed E-state index contributed by atoms with van der Waals surface area (Å²) in [6, 6.07) is 10.4. The highest BCUT2D eigenvalue weighted by Gasteiger charge is 2.60. The molecule has 0 aromatic heterocycles. The number of rotatable bonds is 3. The summed E-state index contributed by atoms with van der Waals surface area (Å²) < 4.78 is 0. The van der Waals surface area contributed by atoms with E-state index in [-0.39, 0.29) is 40.4 Å². The third-order valence-corrected chi connectivity index (χ3v) is 8.03. The Morgan fingerprint density at radius 2 is 1.86 bits per heavy atom. The first-order valence-corrected chi connectivity index (χ1v) is 12.0. The Kier molecular flexibility index (Phi) is 5.50. The van der Waals surface area contributed by atoms with Gasteiger partial charge in [0.2, 0.25) is 5.91 Å². The predicted molar refractivity (Wildman–Crippen MR) is 134 cm³/mol. The van der Waals surface area contributed by atoms with E-state index in [1.807, 2.05) is 31.2 Å². The fourth-order valence-corrected chi connectivity index (χ4v) is 6.42. The van der Waals surface area contributed by atoms with Crippen molar-refractivity contribution in [3.63, 3.8) is 0 Å². The number of hydrogen-bond donors (Lipinski definition) is 5. The number of carbonyl (C=O) groups excluding carboxylic acids is 2. The molecule has 4 unspecified atom stereocenters. The van der Waals surface area contributed by atoms with Gasteiger partial charge in [0.1, 0.15) is 22.9 Å². The van der Waals surface area contributed by atoms with Gasteiger partial charge in [-0.25, -0.2) is 0 Å². The SMILES string of the molecule is Cc1cccc(-c2ccc(O)c3c2CC2CC4C(N(C)C)C(O)=C(C(N)=O)CC4(O)C(=O)C2=C3O)c1. The number of carbonyl (C=O) groups is 2. The Balaban J connectivity index is 1.69. The lowest BCUT2D eigenvalue weighted by Crippen LogP contribution is -2.62. The number of aryl methyl sites for hydroxylation is 1. The Hall–Kier alpha value is -3.62. The number of likely N-dealkylation sites (N-methyl/N-ethyl adjacent to an activating group) is 1. The number of hydrogen-bond acceptors (Lipinski definition) is 7. The molecule has 3 aliphatic rings. The molecule has 2 aromatic carbocycles. The number of aromatic hydroxyl groups is 1. The lowest BCUT2D eigenvalue weighted by Gasteiger charge is -2.51. The molecule has 0 aliphatic heterocycles. The molecule has 8 heteroatoms. The molecule has 1 fully saturated rings. The van der Waals surface area contributed by atoms with Gasteiger partial charge in [-0.05, 0) is 62.5 Å². The van der Waals surface area contributed by atoms with Gasteiger partial charge in [0.15, 0.2) is 5.78 Å². The Morgan fingerprint density at radius 1 is 1.14 bits per heavy atom. The van der Waals surface area contributed by atoms with E-state index in [0.29, 0.717) is 6.42 Å². The topological polar surface area (TPSA) is 144 Å². The molecule has 5 rings (SSSR count). The molecular formula is C28H30N2O6. The van der Waals surface area contributed by atoms with Crippen LogP contribution in [0, 0.1) is 18.8 Å². The van der Waals surface area contributed by atoms with E-state index in [1.165, 1.54) is 6.07 Å². The van der Waals surface area contributed by atoms with Crippen LogP contribution in [-0.2, 0) is 16.0 Å². The smallest absolute Gasteiger partial charge is 0.248 e. The van der Waals surface area contributed by atoms with Crippen molar-refractivity contribution in [1.82, 2.24) is 4.90 Å². The van der Waals surface area contributed by atoms with Gasteiger partial charge in [-0.1, -0.05) is 35.9 Å². The maximum absolute atomic E-state index is 13.9. The van der Waals surface area contributed by atoms with Gasteiger partial charge in [-0.15, -0.1) is 0 Å². The first kappa shape index (κ1) is 24.1. The van der Waals surface area contributed by atoms with Crippen LogP contribution in [0.4, 0.5) is 0 Å². The van der Waals surface area contributed by atoms with Crippen molar-refractivity contribution < 1.29 is 30.0 Å². The molecule has 188 valence electrons. The van der Waals surface area contributed by atoms with E-state index in [1.54, 1.807) is 25.1 Å². The average molecular weight is 491 g/mol. The van der Waals surface area contributed by atoms with Gasteiger partial charge in [0, 0.05) is 17.9 Å². The minimum absolute atomic E-state index is 0.0423. The monoisotopic (exact) mass is 490 g/mol. The van der Waals surface area contributed by atoms with Crippen molar-refractivity contribution in [2.24, 2.45) is 17.6 Å². The van der Waals surface area contributed by atoms with Crippen LogP contribution in [0.3, 0.4) is 0 Å². The fourth-order valence-electron chi connectivity index (χ4n) is 6.42. The summed E-state index contributed by atoms with van der Waals surface area (Å²) in [5, 5.41) is 44.7. The van der Waals surface area contributed by atoms with Gasteiger partial charge in [-0.2, -0.15) is 0 Å². The lowest BCUT2D eigenvalue weighted by atomic mass is 9.57. The number of nitrogens with zero attached hydrogens (tertiary/aromatic N) is 1.